The summed E-state index contributed by atoms with van der Waals surface area (Å²) in [6, 6.07) is 11.3. The lowest BCUT2D eigenvalue weighted by atomic mass is 9.95. The standard InChI is InChI=1S/C27H28N3O3P/c1-15-11-20(17(3)30-23-7-5-6-8-24(23)34-32)27-21(12-15)25(31)16(2)26(33-27)18-9-10-22(28)19(13-18)14-29-4/h5-14,17,28-30,32,34H,1-4H3/b19-14-,28-22?. The number of allylic oxidation sites excluding steroid dienone is 5. The lowest BCUT2D eigenvalue weighted by molar-refractivity contribution is 0.575. The molecule has 6 nitrogen and oxygen atoms in total. The first kappa shape index (κ1) is 23.7. The number of fused-ring (bicyclic) bond motifs is 1. The van der Waals surface area contributed by atoms with Gasteiger partial charge in [0.1, 0.15) is 11.3 Å². The summed E-state index contributed by atoms with van der Waals surface area (Å²) in [5.41, 5.74) is 5.52. The second-order valence-electron chi connectivity index (χ2n) is 8.37. The number of rotatable bonds is 6. The number of hydrogen-bond acceptors (Lipinski definition) is 6. The van der Waals surface area contributed by atoms with Crippen LogP contribution in [0.2, 0.25) is 0 Å². The van der Waals surface area contributed by atoms with Crippen LogP contribution >= 0.6 is 8.81 Å². The summed E-state index contributed by atoms with van der Waals surface area (Å²) in [5, 5.41) is 15.9. The Morgan fingerprint density at radius 2 is 1.94 bits per heavy atom. The van der Waals surface area contributed by atoms with Gasteiger partial charge >= 0.3 is 0 Å². The number of hydrogen-bond donors (Lipinski definition) is 4. The zero-order valence-corrected chi connectivity index (χ0v) is 20.6. The van der Waals surface area contributed by atoms with Gasteiger partial charge in [-0.3, -0.25) is 4.79 Å². The van der Waals surface area contributed by atoms with Gasteiger partial charge in [0.05, 0.1) is 17.1 Å². The fourth-order valence-electron chi connectivity index (χ4n) is 4.16. The molecule has 1 aromatic heterocycles. The summed E-state index contributed by atoms with van der Waals surface area (Å²) >= 11 is 0. The van der Waals surface area contributed by atoms with Crippen molar-refractivity contribution in [1.29, 1.82) is 5.41 Å². The molecular formula is C27H28N3O3P. The first-order chi connectivity index (χ1) is 16.3. The van der Waals surface area contributed by atoms with Gasteiger partial charge < -0.3 is 25.4 Å². The monoisotopic (exact) mass is 473 g/mol. The molecule has 4 rings (SSSR count). The molecule has 2 aromatic carbocycles. The minimum Gasteiger partial charge on any atom is -0.455 e. The second-order valence-corrected chi connectivity index (χ2v) is 9.14. The average Bonchev–Trinajstić information content (AvgIpc) is 2.83. The van der Waals surface area contributed by atoms with E-state index in [9.17, 15) is 9.69 Å². The first-order valence-corrected chi connectivity index (χ1v) is 12.0. The van der Waals surface area contributed by atoms with E-state index in [2.05, 4.69) is 10.6 Å². The van der Waals surface area contributed by atoms with Gasteiger partial charge in [-0.25, -0.2) is 0 Å². The number of anilines is 1. The SMILES string of the molecule is CN/C=C1/C=C(c2oc3c(C(C)Nc4ccccc4PO)cc(C)cc3c(=O)c2C)C=CC1=N. The van der Waals surface area contributed by atoms with Gasteiger partial charge in [-0.05, 0) is 56.7 Å². The Hall–Kier alpha value is -3.47. The zero-order valence-electron chi connectivity index (χ0n) is 19.6. The molecule has 1 aliphatic carbocycles. The van der Waals surface area contributed by atoms with Gasteiger partial charge in [-0.1, -0.05) is 24.3 Å². The maximum absolute atomic E-state index is 13.4. The first-order valence-electron chi connectivity index (χ1n) is 11.0. The van der Waals surface area contributed by atoms with Crippen LogP contribution in [0, 0.1) is 19.3 Å². The third kappa shape index (κ3) is 4.47. The van der Waals surface area contributed by atoms with Gasteiger partial charge in [-0.15, -0.1) is 0 Å². The summed E-state index contributed by atoms with van der Waals surface area (Å²) in [5.74, 6) is 0.498. The van der Waals surface area contributed by atoms with Gasteiger partial charge in [-0.2, -0.15) is 0 Å². The van der Waals surface area contributed by atoms with Crippen LogP contribution in [0.5, 0.6) is 0 Å². The van der Waals surface area contributed by atoms with E-state index in [-0.39, 0.29) is 20.3 Å². The van der Waals surface area contributed by atoms with Crippen LogP contribution in [-0.4, -0.2) is 17.7 Å². The van der Waals surface area contributed by atoms with E-state index in [4.69, 9.17) is 9.83 Å². The largest absolute Gasteiger partial charge is 0.455 e. The second kappa shape index (κ2) is 9.80. The Morgan fingerprint density at radius 1 is 1.18 bits per heavy atom. The maximum Gasteiger partial charge on any atom is 0.196 e. The molecule has 0 fully saturated rings. The van der Waals surface area contributed by atoms with Crippen molar-refractivity contribution in [3.63, 3.8) is 0 Å². The van der Waals surface area contributed by atoms with E-state index in [0.717, 1.165) is 27.7 Å². The van der Waals surface area contributed by atoms with Gasteiger partial charge in [0.15, 0.2) is 5.43 Å². The Morgan fingerprint density at radius 3 is 2.68 bits per heavy atom. The fraction of sp³-hybridized carbons (Fsp3) is 0.185. The predicted octanol–water partition coefficient (Wildman–Crippen LogP) is 4.87. The van der Waals surface area contributed by atoms with Crippen molar-refractivity contribution in [2.75, 3.05) is 12.4 Å². The lowest BCUT2D eigenvalue weighted by Gasteiger charge is -2.20. The third-order valence-corrected chi connectivity index (χ3v) is 6.57. The fourth-order valence-corrected chi connectivity index (χ4v) is 4.61. The van der Waals surface area contributed by atoms with Gasteiger partial charge in [0.2, 0.25) is 0 Å². The molecule has 0 saturated heterocycles. The molecule has 0 saturated carbocycles. The molecule has 1 aliphatic rings. The highest BCUT2D eigenvalue weighted by molar-refractivity contribution is 7.41. The summed E-state index contributed by atoms with van der Waals surface area (Å²) in [4.78, 5) is 23.2. The highest BCUT2D eigenvalue weighted by Gasteiger charge is 2.21. The van der Waals surface area contributed by atoms with E-state index < -0.39 is 0 Å². The zero-order chi connectivity index (χ0) is 24.4. The van der Waals surface area contributed by atoms with Crippen molar-refractivity contribution < 1.29 is 9.31 Å². The predicted molar refractivity (Wildman–Crippen MR) is 143 cm³/mol. The van der Waals surface area contributed by atoms with Crippen molar-refractivity contribution in [1.82, 2.24) is 5.32 Å². The highest BCUT2D eigenvalue weighted by Crippen LogP contribution is 2.32. The van der Waals surface area contributed by atoms with Crippen LogP contribution in [-0.2, 0) is 0 Å². The maximum atomic E-state index is 13.4. The highest BCUT2D eigenvalue weighted by atomic mass is 31.1. The summed E-state index contributed by atoms with van der Waals surface area (Å²) in [7, 11) is 1.46. The quantitative estimate of drug-likeness (QED) is 0.383. The molecule has 0 aliphatic heterocycles. The van der Waals surface area contributed by atoms with E-state index >= 15 is 0 Å². The van der Waals surface area contributed by atoms with Crippen LogP contribution in [0.4, 0.5) is 5.69 Å². The van der Waals surface area contributed by atoms with E-state index in [1.807, 2.05) is 56.3 Å². The molecule has 3 aromatic rings. The molecule has 0 amide bonds. The molecule has 7 heteroatoms. The van der Waals surface area contributed by atoms with E-state index in [1.165, 1.54) is 0 Å². The lowest BCUT2D eigenvalue weighted by Crippen LogP contribution is -2.15. The molecule has 1 heterocycles. The van der Waals surface area contributed by atoms with Gasteiger partial charge in [0, 0.05) is 55.3 Å². The molecule has 0 radical (unpaired) electrons. The summed E-state index contributed by atoms with van der Waals surface area (Å²) < 4.78 is 6.45. The Bertz CT molecular complexity index is 1430. The summed E-state index contributed by atoms with van der Waals surface area (Å²) in [6.07, 6.45) is 7.11. The van der Waals surface area contributed by atoms with Crippen molar-refractivity contribution in [2.24, 2.45) is 0 Å². The number of para-hydroxylation sites is 1. The Kier molecular flexibility index (Phi) is 6.82. The van der Waals surface area contributed by atoms with Crippen molar-refractivity contribution in [2.45, 2.75) is 26.8 Å². The van der Waals surface area contributed by atoms with Gasteiger partial charge in [0.25, 0.3) is 0 Å². The molecule has 174 valence electrons. The third-order valence-electron chi connectivity index (χ3n) is 5.89. The minimum atomic E-state index is -0.322. The van der Waals surface area contributed by atoms with Crippen molar-refractivity contribution in [3.8, 4) is 0 Å². The molecule has 34 heavy (non-hydrogen) atoms. The van der Waals surface area contributed by atoms with Crippen LogP contribution < -0.4 is 21.4 Å². The molecule has 0 bridgehead atoms. The van der Waals surface area contributed by atoms with E-state index in [0.29, 0.717) is 33.6 Å². The minimum absolute atomic E-state index is 0.0697. The smallest absolute Gasteiger partial charge is 0.196 e. The number of aryl methyl sites for hydroxylation is 1. The number of benzene rings is 2. The molecule has 2 unspecified atom stereocenters. The van der Waals surface area contributed by atoms with E-state index in [1.54, 1.807) is 32.3 Å². The normalized spacial score (nSPS) is 15.9. The molecular weight excluding hydrogens is 445 g/mol. The topological polar surface area (TPSA) is 98.3 Å². The van der Waals surface area contributed by atoms with Crippen LogP contribution in [0.1, 0.15) is 35.4 Å². The van der Waals surface area contributed by atoms with Crippen LogP contribution in [0.3, 0.4) is 0 Å². The average molecular weight is 474 g/mol. The summed E-state index contributed by atoms with van der Waals surface area (Å²) in [6.45, 7) is 5.76. The van der Waals surface area contributed by atoms with Crippen LogP contribution in [0.15, 0.2) is 75.6 Å². The van der Waals surface area contributed by atoms with Crippen LogP contribution in [0.25, 0.3) is 16.5 Å². The molecule has 2 atom stereocenters. The Balaban J connectivity index is 1.88. The van der Waals surface area contributed by atoms with Crippen molar-refractivity contribution >= 4 is 42.1 Å². The molecule has 0 spiro atoms. The van der Waals surface area contributed by atoms with Crippen molar-refractivity contribution in [3.05, 3.63) is 99.1 Å². The Labute approximate surface area is 200 Å². The molecule has 4 N–H and O–H groups in total. The number of nitrogens with one attached hydrogen (secondary N) is 3.